The number of hydrogen-bond acceptors (Lipinski definition) is 5. The maximum Gasteiger partial charge on any atom is 0.269 e. The molecule has 0 saturated carbocycles. The Morgan fingerprint density at radius 1 is 1.40 bits per heavy atom. The molecule has 3 rings (SSSR count). The highest BCUT2D eigenvalue weighted by molar-refractivity contribution is 7.20. The van der Waals surface area contributed by atoms with Crippen molar-refractivity contribution in [1.82, 2.24) is 14.7 Å². The van der Waals surface area contributed by atoms with Crippen LogP contribution in [0.2, 0.25) is 0 Å². The van der Waals surface area contributed by atoms with E-state index in [1.807, 2.05) is 27.0 Å². The number of rotatable bonds is 4. The van der Waals surface area contributed by atoms with Crippen molar-refractivity contribution in [3.63, 3.8) is 0 Å². The third-order valence-corrected chi connectivity index (χ3v) is 5.56. The molecule has 8 heteroatoms. The molecule has 0 spiro atoms. The predicted molar refractivity (Wildman–Crippen MR) is 96.9 cm³/mol. The smallest absolute Gasteiger partial charge is 0.269 e. The van der Waals surface area contributed by atoms with Gasteiger partial charge in [0.1, 0.15) is 4.83 Å². The minimum atomic E-state index is -0.431. The van der Waals surface area contributed by atoms with Crippen molar-refractivity contribution in [2.75, 3.05) is 7.05 Å². The van der Waals surface area contributed by atoms with Crippen molar-refractivity contribution in [2.24, 2.45) is 7.05 Å². The van der Waals surface area contributed by atoms with Crippen molar-refractivity contribution in [3.8, 4) is 0 Å². The van der Waals surface area contributed by atoms with Gasteiger partial charge in [-0.05, 0) is 25.5 Å². The first-order valence-electron chi connectivity index (χ1n) is 7.74. The van der Waals surface area contributed by atoms with E-state index < -0.39 is 4.92 Å². The van der Waals surface area contributed by atoms with Crippen molar-refractivity contribution in [2.45, 2.75) is 19.9 Å². The van der Waals surface area contributed by atoms with Gasteiger partial charge in [-0.25, -0.2) is 0 Å². The number of fused-ring (bicyclic) bond motifs is 1. The first-order valence-corrected chi connectivity index (χ1v) is 8.56. The highest BCUT2D eigenvalue weighted by atomic mass is 32.1. The van der Waals surface area contributed by atoms with Crippen LogP contribution >= 0.6 is 11.3 Å². The number of aromatic nitrogens is 2. The maximum absolute atomic E-state index is 12.8. The number of nitro benzene ring substituents is 1. The van der Waals surface area contributed by atoms with Crippen molar-refractivity contribution in [1.29, 1.82) is 0 Å². The fourth-order valence-electron chi connectivity index (χ4n) is 2.78. The molecular formula is C17H18N4O3S. The number of thiophene rings is 1. The molecule has 130 valence electrons. The van der Waals surface area contributed by atoms with Crippen LogP contribution in [0, 0.1) is 17.0 Å². The molecule has 1 amide bonds. The lowest BCUT2D eigenvalue weighted by atomic mass is 10.1. The van der Waals surface area contributed by atoms with E-state index in [1.165, 1.54) is 23.5 Å². The molecule has 1 unspecified atom stereocenters. The number of nitro groups is 1. The van der Waals surface area contributed by atoms with Gasteiger partial charge in [-0.3, -0.25) is 19.6 Å². The van der Waals surface area contributed by atoms with Crippen LogP contribution in [0.1, 0.15) is 33.9 Å². The zero-order chi connectivity index (χ0) is 18.3. The maximum atomic E-state index is 12.8. The van der Waals surface area contributed by atoms with Gasteiger partial charge in [0.15, 0.2) is 0 Å². The second-order valence-corrected chi connectivity index (χ2v) is 7.01. The average Bonchev–Trinajstić information content (AvgIpc) is 3.15. The molecule has 2 heterocycles. The Labute approximate surface area is 148 Å². The molecular weight excluding hydrogens is 340 g/mol. The molecule has 7 nitrogen and oxygen atoms in total. The van der Waals surface area contributed by atoms with Crippen LogP contribution in [-0.2, 0) is 7.05 Å². The van der Waals surface area contributed by atoms with E-state index in [1.54, 1.807) is 28.8 Å². The molecule has 0 bridgehead atoms. The number of nitrogens with zero attached hydrogens (tertiary/aromatic N) is 4. The molecule has 0 aliphatic carbocycles. The van der Waals surface area contributed by atoms with E-state index in [2.05, 4.69) is 5.10 Å². The number of non-ortho nitro benzene ring substituents is 1. The Bertz CT molecular complexity index is 941. The second-order valence-electron chi connectivity index (χ2n) is 5.98. The normalized spacial score (nSPS) is 12.3. The molecule has 1 atom stereocenters. The van der Waals surface area contributed by atoms with Crippen LogP contribution in [0.15, 0.2) is 30.3 Å². The van der Waals surface area contributed by atoms with Gasteiger partial charge in [0, 0.05) is 31.6 Å². The summed E-state index contributed by atoms with van der Waals surface area (Å²) in [5, 5.41) is 16.3. The molecule has 0 fully saturated rings. The third-order valence-electron chi connectivity index (χ3n) is 4.37. The minimum absolute atomic E-state index is 0.0220. The Balaban J connectivity index is 1.89. The Morgan fingerprint density at radius 2 is 2.12 bits per heavy atom. The van der Waals surface area contributed by atoms with Crippen LogP contribution in [0.3, 0.4) is 0 Å². The summed E-state index contributed by atoms with van der Waals surface area (Å²) in [6.45, 7) is 3.77. The fourth-order valence-corrected chi connectivity index (χ4v) is 3.89. The zero-order valence-electron chi connectivity index (χ0n) is 14.4. The molecule has 3 aromatic rings. The van der Waals surface area contributed by atoms with Gasteiger partial charge in [0.25, 0.3) is 11.6 Å². The third kappa shape index (κ3) is 3.00. The lowest BCUT2D eigenvalue weighted by molar-refractivity contribution is -0.384. The van der Waals surface area contributed by atoms with E-state index in [-0.39, 0.29) is 17.6 Å². The topological polar surface area (TPSA) is 81.3 Å². The number of aryl methyl sites for hydroxylation is 2. The highest BCUT2D eigenvalue weighted by Gasteiger charge is 2.23. The van der Waals surface area contributed by atoms with Crippen LogP contribution in [0.5, 0.6) is 0 Å². The van der Waals surface area contributed by atoms with Crippen molar-refractivity contribution >= 4 is 33.1 Å². The standard InChI is InChI=1S/C17H18N4O3S/c1-10-14-9-15(25-17(14)20(4)18-10)16(22)19(3)11(2)12-6-5-7-13(8-12)21(23)24/h5-9,11H,1-4H3. The zero-order valence-corrected chi connectivity index (χ0v) is 15.2. The summed E-state index contributed by atoms with van der Waals surface area (Å²) in [5.74, 6) is -0.111. The van der Waals surface area contributed by atoms with Crippen LogP contribution in [-0.4, -0.2) is 32.6 Å². The molecule has 1 aromatic carbocycles. The van der Waals surface area contributed by atoms with Gasteiger partial charge in [-0.1, -0.05) is 12.1 Å². The van der Waals surface area contributed by atoms with Gasteiger partial charge in [-0.2, -0.15) is 5.10 Å². The predicted octanol–water partition coefficient (Wildman–Crippen LogP) is 3.68. The summed E-state index contributed by atoms with van der Waals surface area (Å²) in [5.41, 5.74) is 1.64. The number of carbonyl (C=O) groups is 1. The first kappa shape index (κ1) is 17.1. The summed E-state index contributed by atoms with van der Waals surface area (Å²) < 4.78 is 1.77. The largest absolute Gasteiger partial charge is 0.334 e. The first-order chi connectivity index (χ1) is 11.8. The summed E-state index contributed by atoms with van der Waals surface area (Å²) >= 11 is 1.40. The van der Waals surface area contributed by atoms with Gasteiger partial charge >= 0.3 is 0 Å². The van der Waals surface area contributed by atoms with Gasteiger partial charge in [0.2, 0.25) is 0 Å². The quantitative estimate of drug-likeness (QED) is 0.526. The fraction of sp³-hybridized carbons (Fsp3) is 0.294. The molecule has 0 aliphatic rings. The molecule has 0 radical (unpaired) electrons. The number of amides is 1. The second kappa shape index (κ2) is 6.29. The van der Waals surface area contributed by atoms with Crippen LogP contribution < -0.4 is 0 Å². The average molecular weight is 358 g/mol. The lowest BCUT2D eigenvalue weighted by Crippen LogP contribution is -2.29. The van der Waals surface area contributed by atoms with Crippen molar-refractivity contribution in [3.05, 3.63) is 56.6 Å². The summed E-state index contributed by atoms with van der Waals surface area (Å²) in [6.07, 6.45) is 0. The molecule has 25 heavy (non-hydrogen) atoms. The molecule has 0 N–H and O–H groups in total. The highest BCUT2D eigenvalue weighted by Crippen LogP contribution is 2.30. The van der Waals surface area contributed by atoms with Gasteiger partial charge in [-0.15, -0.1) is 11.3 Å². The monoisotopic (exact) mass is 358 g/mol. The number of benzene rings is 1. The van der Waals surface area contributed by atoms with Gasteiger partial charge < -0.3 is 4.90 Å². The van der Waals surface area contributed by atoms with E-state index in [0.29, 0.717) is 4.88 Å². The molecule has 0 aliphatic heterocycles. The Kier molecular flexibility index (Phi) is 4.30. The summed E-state index contributed by atoms with van der Waals surface area (Å²) in [4.78, 5) is 26.6. The summed E-state index contributed by atoms with van der Waals surface area (Å²) in [6, 6.07) is 7.96. The summed E-state index contributed by atoms with van der Waals surface area (Å²) in [7, 11) is 3.57. The van der Waals surface area contributed by atoms with E-state index in [0.717, 1.165) is 21.5 Å². The van der Waals surface area contributed by atoms with E-state index in [9.17, 15) is 14.9 Å². The van der Waals surface area contributed by atoms with Gasteiger partial charge in [0.05, 0.1) is 21.5 Å². The van der Waals surface area contributed by atoms with E-state index in [4.69, 9.17) is 0 Å². The number of hydrogen-bond donors (Lipinski definition) is 0. The minimum Gasteiger partial charge on any atom is -0.334 e. The van der Waals surface area contributed by atoms with Crippen LogP contribution in [0.4, 0.5) is 5.69 Å². The van der Waals surface area contributed by atoms with Crippen molar-refractivity contribution < 1.29 is 9.72 Å². The Morgan fingerprint density at radius 3 is 2.76 bits per heavy atom. The lowest BCUT2D eigenvalue weighted by Gasteiger charge is -2.24. The molecule has 0 saturated heterocycles. The Hall–Kier alpha value is -2.74. The van der Waals surface area contributed by atoms with Crippen LogP contribution in [0.25, 0.3) is 10.2 Å². The van der Waals surface area contributed by atoms with E-state index >= 15 is 0 Å². The molecule has 2 aromatic heterocycles. The number of carbonyl (C=O) groups excluding carboxylic acids is 1. The SMILES string of the molecule is Cc1nn(C)c2sc(C(=O)N(C)C(C)c3cccc([N+](=O)[O-])c3)cc12.